The van der Waals surface area contributed by atoms with E-state index in [2.05, 4.69) is 0 Å². The molecule has 0 bridgehead atoms. The minimum absolute atomic E-state index is 0.0948. The minimum Gasteiger partial charge on any atom is -0.393 e. The number of aliphatic hydroxyl groups is 1. The lowest BCUT2D eigenvalue weighted by atomic mass is 9.99. The van der Waals surface area contributed by atoms with Crippen molar-refractivity contribution in [2.75, 3.05) is 13.1 Å². The van der Waals surface area contributed by atoms with E-state index in [0.29, 0.717) is 19.5 Å². The highest BCUT2D eigenvalue weighted by atomic mass is 19.1. The van der Waals surface area contributed by atoms with Crippen LogP contribution >= 0.6 is 0 Å². The number of halogens is 1. The molecule has 3 nitrogen and oxygen atoms in total. The van der Waals surface area contributed by atoms with Gasteiger partial charge >= 0.3 is 0 Å². The van der Waals surface area contributed by atoms with E-state index in [1.54, 1.807) is 13.0 Å². The van der Waals surface area contributed by atoms with Crippen molar-refractivity contribution in [3.05, 3.63) is 35.6 Å². The second-order valence-corrected chi connectivity index (χ2v) is 5.81. The molecule has 1 N–H and O–H groups in total. The van der Waals surface area contributed by atoms with Crippen molar-refractivity contribution in [3.8, 4) is 0 Å². The molecule has 0 radical (unpaired) electrons. The lowest BCUT2D eigenvalue weighted by Crippen LogP contribution is -2.35. The summed E-state index contributed by atoms with van der Waals surface area (Å²) in [6, 6.07) is 6.40. The van der Waals surface area contributed by atoms with Gasteiger partial charge in [0.1, 0.15) is 5.82 Å². The summed E-state index contributed by atoms with van der Waals surface area (Å²) in [4.78, 5) is 14.2. The number of carbonyl (C=O) groups excluding carboxylic acids is 1. The zero-order valence-corrected chi connectivity index (χ0v) is 12.1. The van der Waals surface area contributed by atoms with Crippen LogP contribution in [-0.2, 0) is 11.2 Å². The van der Waals surface area contributed by atoms with Crippen LogP contribution < -0.4 is 0 Å². The Balaban J connectivity index is 1.93. The summed E-state index contributed by atoms with van der Waals surface area (Å²) in [5.74, 6) is -0.153. The van der Waals surface area contributed by atoms with Crippen molar-refractivity contribution in [2.24, 2.45) is 11.8 Å². The molecule has 1 aromatic rings. The number of carbonyl (C=O) groups is 1. The van der Waals surface area contributed by atoms with Gasteiger partial charge in [-0.15, -0.1) is 0 Å². The van der Waals surface area contributed by atoms with Gasteiger partial charge in [0.05, 0.1) is 6.10 Å². The summed E-state index contributed by atoms with van der Waals surface area (Å²) < 4.78 is 13.1. The van der Waals surface area contributed by atoms with Crippen LogP contribution in [0.3, 0.4) is 0 Å². The van der Waals surface area contributed by atoms with Crippen molar-refractivity contribution < 1.29 is 14.3 Å². The quantitative estimate of drug-likeness (QED) is 0.918. The van der Waals surface area contributed by atoms with Gasteiger partial charge in [-0.3, -0.25) is 4.79 Å². The summed E-state index contributed by atoms with van der Waals surface area (Å²) in [6.45, 7) is 4.99. The van der Waals surface area contributed by atoms with Gasteiger partial charge in [-0.1, -0.05) is 19.1 Å². The van der Waals surface area contributed by atoms with Crippen LogP contribution in [0.2, 0.25) is 0 Å². The van der Waals surface area contributed by atoms with Crippen molar-refractivity contribution in [1.29, 1.82) is 0 Å². The molecule has 1 aliphatic rings. The Morgan fingerprint density at radius 1 is 1.50 bits per heavy atom. The van der Waals surface area contributed by atoms with Crippen molar-refractivity contribution in [1.82, 2.24) is 4.90 Å². The van der Waals surface area contributed by atoms with E-state index in [9.17, 15) is 14.3 Å². The second kappa shape index (κ2) is 6.35. The second-order valence-electron chi connectivity index (χ2n) is 5.81. The normalized spacial score (nSPS) is 21.8. The molecule has 0 aromatic heterocycles. The van der Waals surface area contributed by atoms with Crippen molar-refractivity contribution >= 4 is 5.91 Å². The maximum atomic E-state index is 13.1. The van der Waals surface area contributed by atoms with Gasteiger partial charge in [0.25, 0.3) is 0 Å². The Morgan fingerprint density at radius 3 is 2.85 bits per heavy atom. The fourth-order valence-corrected chi connectivity index (χ4v) is 2.80. The smallest absolute Gasteiger partial charge is 0.225 e. The van der Waals surface area contributed by atoms with Gasteiger partial charge in [-0.05, 0) is 37.5 Å². The fraction of sp³-hybridized carbons (Fsp3) is 0.562. The van der Waals surface area contributed by atoms with E-state index in [0.717, 1.165) is 12.0 Å². The molecule has 1 fully saturated rings. The molecule has 3 atom stereocenters. The molecule has 0 spiro atoms. The first kappa shape index (κ1) is 15.0. The highest BCUT2D eigenvalue weighted by Gasteiger charge is 2.31. The molecule has 1 aromatic carbocycles. The summed E-state index contributed by atoms with van der Waals surface area (Å²) in [5, 5.41) is 9.58. The molecule has 4 heteroatoms. The van der Waals surface area contributed by atoms with Crippen LogP contribution in [0, 0.1) is 17.7 Å². The van der Waals surface area contributed by atoms with Crippen LogP contribution in [0.4, 0.5) is 4.39 Å². The Morgan fingerprint density at radius 2 is 2.25 bits per heavy atom. The highest BCUT2D eigenvalue weighted by molar-refractivity contribution is 5.79. The van der Waals surface area contributed by atoms with Gasteiger partial charge in [0.2, 0.25) is 5.91 Å². The first-order valence-corrected chi connectivity index (χ1v) is 7.18. The third-order valence-corrected chi connectivity index (χ3v) is 4.07. The summed E-state index contributed by atoms with van der Waals surface area (Å²) in [5.41, 5.74) is 0.845. The summed E-state index contributed by atoms with van der Waals surface area (Å²) >= 11 is 0. The molecule has 1 heterocycles. The fourth-order valence-electron chi connectivity index (χ4n) is 2.80. The van der Waals surface area contributed by atoms with Gasteiger partial charge in [0, 0.05) is 24.9 Å². The Kier molecular flexibility index (Phi) is 4.76. The monoisotopic (exact) mass is 279 g/mol. The SMILES string of the molecule is CC(Cc1cccc(F)c1)C(=O)N1CCC(C(C)O)C1. The van der Waals surface area contributed by atoms with Crippen LogP contribution in [0.1, 0.15) is 25.8 Å². The molecule has 20 heavy (non-hydrogen) atoms. The van der Waals surface area contributed by atoms with Crippen LogP contribution in [0.15, 0.2) is 24.3 Å². The molecule has 0 saturated carbocycles. The maximum Gasteiger partial charge on any atom is 0.225 e. The average Bonchev–Trinajstić information content (AvgIpc) is 2.87. The number of amides is 1. The summed E-state index contributed by atoms with van der Waals surface area (Å²) in [6.07, 6.45) is 1.04. The van der Waals surface area contributed by atoms with E-state index in [4.69, 9.17) is 0 Å². The van der Waals surface area contributed by atoms with Gasteiger partial charge in [0.15, 0.2) is 0 Å². The number of aliphatic hydroxyl groups excluding tert-OH is 1. The molecule has 1 saturated heterocycles. The number of hydrogen-bond acceptors (Lipinski definition) is 2. The zero-order chi connectivity index (χ0) is 14.7. The largest absolute Gasteiger partial charge is 0.393 e. The third-order valence-electron chi connectivity index (χ3n) is 4.07. The molecule has 3 unspecified atom stereocenters. The molecule has 1 aliphatic heterocycles. The molecular weight excluding hydrogens is 257 g/mol. The van der Waals surface area contributed by atoms with E-state index in [1.165, 1.54) is 12.1 Å². The van der Waals surface area contributed by atoms with E-state index in [1.807, 2.05) is 17.9 Å². The van der Waals surface area contributed by atoms with Crippen LogP contribution in [-0.4, -0.2) is 35.1 Å². The van der Waals surface area contributed by atoms with Crippen LogP contribution in [0.25, 0.3) is 0 Å². The molecule has 110 valence electrons. The molecule has 0 aliphatic carbocycles. The van der Waals surface area contributed by atoms with Gasteiger partial charge in [-0.25, -0.2) is 4.39 Å². The number of hydrogen-bond donors (Lipinski definition) is 1. The third kappa shape index (κ3) is 3.57. The maximum absolute atomic E-state index is 13.1. The van der Waals surface area contributed by atoms with E-state index in [-0.39, 0.29) is 29.7 Å². The first-order valence-electron chi connectivity index (χ1n) is 7.18. The molecule has 2 rings (SSSR count). The molecule has 1 amide bonds. The number of likely N-dealkylation sites (tertiary alicyclic amines) is 1. The first-order chi connectivity index (χ1) is 9.47. The number of benzene rings is 1. The van der Waals surface area contributed by atoms with Gasteiger partial charge < -0.3 is 10.0 Å². The topological polar surface area (TPSA) is 40.5 Å². The lowest BCUT2D eigenvalue weighted by Gasteiger charge is -2.21. The van der Waals surface area contributed by atoms with E-state index < -0.39 is 0 Å². The average molecular weight is 279 g/mol. The van der Waals surface area contributed by atoms with Crippen molar-refractivity contribution in [3.63, 3.8) is 0 Å². The predicted octanol–water partition coefficient (Wildman–Crippen LogP) is 2.23. The standard InChI is InChI=1S/C16H22FNO2/c1-11(8-13-4-3-5-15(17)9-13)16(20)18-7-6-14(10-18)12(2)19/h3-5,9,11-12,14,19H,6-8,10H2,1-2H3. The van der Waals surface area contributed by atoms with Crippen molar-refractivity contribution in [2.45, 2.75) is 32.8 Å². The minimum atomic E-state index is -0.369. The Hall–Kier alpha value is -1.42. The predicted molar refractivity (Wildman–Crippen MR) is 75.6 cm³/mol. The Labute approximate surface area is 119 Å². The zero-order valence-electron chi connectivity index (χ0n) is 12.1. The summed E-state index contributed by atoms with van der Waals surface area (Å²) in [7, 11) is 0. The lowest BCUT2D eigenvalue weighted by molar-refractivity contribution is -0.134. The molecular formula is C16H22FNO2. The van der Waals surface area contributed by atoms with Gasteiger partial charge in [-0.2, -0.15) is 0 Å². The number of rotatable bonds is 4. The highest BCUT2D eigenvalue weighted by Crippen LogP contribution is 2.22. The number of nitrogens with zero attached hydrogens (tertiary/aromatic N) is 1. The van der Waals surface area contributed by atoms with E-state index >= 15 is 0 Å². The Bertz CT molecular complexity index is 475. The van der Waals surface area contributed by atoms with Crippen LogP contribution in [0.5, 0.6) is 0 Å².